The minimum absolute atomic E-state index is 0.0926. The van der Waals surface area contributed by atoms with Crippen LogP contribution in [0.25, 0.3) is 10.9 Å². The fourth-order valence-electron chi connectivity index (χ4n) is 1.75. The lowest BCUT2D eigenvalue weighted by molar-refractivity contribution is -0.153. The van der Waals surface area contributed by atoms with Gasteiger partial charge in [-0.3, -0.25) is 4.79 Å². The number of para-hydroxylation sites is 1. The first kappa shape index (κ1) is 15.6. The molecule has 1 heterocycles. The van der Waals surface area contributed by atoms with Crippen molar-refractivity contribution < 1.29 is 22.7 Å². The quantitative estimate of drug-likeness (QED) is 0.880. The number of ether oxygens (including phenoxy) is 1. The van der Waals surface area contributed by atoms with Gasteiger partial charge in [-0.15, -0.1) is 0 Å². The molecule has 1 amide bonds. The van der Waals surface area contributed by atoms with E-state index in [2.05, 4.69) is 10.3 Å². The number of pyridine rings is 1. The van der Waals surface area contributed by atoms with Crippen molar-refractivity contribution in [3.8, 4) is 11.8 Å². The lowest BCUT2D eigenvalue weighted by Gasteiger charge is -2.12. The van der Waals surface area contributed by atoms with E-state index in [0.717, 1.165) is 6.07 Å². The molecule has 0 radical (unpaired) electrons. The van der Waals surface area contributed by atoms with Crippen LogP contribution in [0.1, 0.15) is 10.5 Å². The van der Waals surface area contributed by atoms with Gasteiger partial charge in [0.05, 0.1) is 11.6 Å². The summed E-state index contributed by atoms with van der Waals surface area (Å²) >= 11 is 0. The zero-order chi connectivity index (χ0) is 16.2. The number of rotatable bonds is 4. The maximum Gasteiger partial charge on any atom is 0.422 e. The van der Waals surface area contributed by atoms with Gasteiger partial charge in [0.15, 0.2) is 6.61 Å². The highest BCUT2D eigenvalue weighted by molar-refractivity contribution is 5.97. The molecule has 8 heteroatoms. The van der Waals surface area contributed by atoms with Crippen LogP contribution in [0.2, 0.25) is 0 Å². The molecule has 0 spiro atoms. The minimum Gasteiger partial charge on any atom is -0.483 e. The van der Waals surface area contributed by atoms with Gasteiger partial charge in [0.2, 0.25) is 0 Å². The van der Waals surface area contributed by atoms with Gasteiger partial charge in [0.1, 0.15) is 18.0 Å². The molecule has 0 unspecified atom stereocenters. The van der Waals surface area contributed by atoms with E-state index in [1.165, 1.54) is 0 Å². The third-order valence-corrected chi connectivity index (χ3v) is 2.63. The van der Waals surface area contributed by atoms with E-state index in [0.29, 0.717) is 10.9 Å². The number of nitrogens with zero attached hydrogens (tertiary/aromatic N) is 2. The highest BCUT2D eigenvalue weighted by Crippen LogP contribution is 2.27. The van der Waals surface area contributed by atoms with Crippen molar-refractivity contribution >= 4 is 16.8 Å². The van der Waals surface area contributed by atoms with E-state index in [1.807, 2.05) is 0 Å². The van der Waals surface area contributed by atoms with Crippen molar-refractivity contribution in [1.29, 1.82) is 5.26 Å². The number of carbonyl (C=O) groups is 1. The zero-order valence-electron chi connectivity index (χ0n) is 11.1. The van der Waals surface area contributed by atoms with E-state index in [4.69, 9.17) is 10.00 Å². The molecule has 1 aromatic carbocycles. The Bertz CT molecular complexity index is 738. The Morgan fingerprint density at radius 1 is 1.36 bits per heavy atom. The summed E-state index contributed by atoms with van der Waals surface area (Å²) in [7, 11) is 0. The first-order valence-corrected chi connectivity index (χ1v) is 6.15. The SMILES string of the molecule is N#CCNC(=O)c1cc(OCC(F)(F)F)c2ccccc2n1. The van der Waals surface area contributed by atoms with Gasteiger partial charge >= 0.3 is 6.18 Å². The number of hydrogen-bond acceptors (Lipinski definition) is 4. The minimum atomic E-state index is -4.49. The molecule has 5 nitrogen and oxygen atoms in total. The Kier molecular flexibility index (Phi) is 4.46. The highest BCUT2D eigenvalue weighted by Gasteiger charge is 2.29. The number of fused-ring (bicyclic) bond motifs is 1. The molecule has 2 rings (SSSR count). The normalized spacial score (nSPS) is 11.0. The summed E-state index contributed by atoms with van der Waals surface area (Å²) < 4.78 is 41.7. The molecule has 114 valence electrons. The van der Waals surface area contributed by atoms with E-state index in [1.54, 1.807) is 30.3 Å². The van der Waals surface area contributed by atoms with Crippen LogP contribution in [0.5, 0.6) is 5.75 Å². The molecule has 1 aromatic heterocycles. The van der Waals surface area contributed by atoms with Crippen LogP contribution >= 0.6 is 0 Å². The highest BCUT2D eigenvalue weighted by atomic mass is 19.4. The van der Waals surface area contributed by atoms with E-state index in [9.17, 15) is 18.0 Å². The second-order valence-corrected chi connectivity index (χ2v) is 4.27. The smallest absolute Gasteiger partial charge is 0.422 e. The molecule has 0 aliphatic carbocycles. The monoisotopic (exact) mass is 309 g/mol. The predicted molar refractivity (Wildman–Crippen MR) is 71.2 cm³/mol. The average Bonchev–Trinajstić information content (AvgIpc) is 2.49. The van der Waals surface area contributed by atoms with Crippen LogP contribution < -0.4 is 10.1 Å². The van der Waals surface area contributed by atoms with Crippen LogP contribution in [0.4, 0.5) is 13.2 Å². The molecule has 0 aliphatic rings. The Morgan fingerprint density at radius 3 is 2.77 bits per heavy atom. The average molecular weight is 309 g/mol. The summed E-state index contributed by atoms with van der Waals surface area (Å²) in [4.78, 5) is 15.8. The van der Waals surface area contributed by atoms with Gasteiger partial charge in [-0.25, -0.2) is 4.98 Å². The molecule has 0 atom stereocenters. The van der Waals surface area contributed by atoms with Crippen molar-refractivity contribution in [1.82, 2.24) is 10.3 Å². The topological polar surface area (TPSA) is 75.0 Å². The molecule has 0 aliphatic heterocycles. The second-order valence-electron chi connectivity index (χ2n) is 4.27. The fraction of sp³-hybridized carbons (Fsp3) is 0.214. The van der Waals surface area contributed by atoms with Gasteiger partial charge in [0.25, 0.3) is 5.91 Å². The second kappa shape index (κ2) is 6.30. The number of alkyl halides is 3. The van der Waals surface area contributed by atoms with Gasteiger partial charge in [-0.2, -0.15) is 18.4 Å². The maximum absolute atomic E-state index is 12.3. The van der Waals surface area contributed by atoms with Crippen LogP contribution in [0.15, 0.2) is 30.3 Å². The summed E-state index contributed by atoms with van der Waals surface area (Å²) in [6.45, 7) is -1.70. The summed E-state index contributed by atoms with van der Waals surface area (Å²) in [5.74, 6) is -0.755. The van der Waals surface area contributed by atoms with Crippen molar-refractivity contribution in [2.75, 3.05) is 13.2 Å². The van der Waals surface area contributed by atoms with Crippen molar-refractivity contribution in [2.24, 2.45) is 0 Å². The zero-order valence-corrected chi connectivity index (χ0v) is 11.1. The molecule has 22 heavy (non-hydrogen) atoms. The molecule has 0 saturated heterocycles. The molecule has 1 N–H and O–H groups in total. The van der Waals surface area contributed by atoms with E-state index < -0.39 is 18.7 Å². The summed E-state index contributed by atoms with van der Waals surface area (Å²) in [5.41, 5.74) is 0.204. The molecule has 0 bridgehead atoms. The molecule has 0 saturated carbocycles. The van der Waals surface area contributed by atoms with Gasteiger partial charge in [0, 0.05) is 11.5 Å². The van der Waals surface area contributed by atoms with E-state index >= 15 is 0 Å². The van der Waals surface area contributed by atoms with Crippen LogP contribution in [-0.4, -0.2) is 30.2 Å². The first-order chi connectivity index (χ1) is 10.4. The third-order valence-electron chi connectivity index (χ3n) is 2.63. The summed E-state index contributed by atoms with van der Waals surface area (Å²) in [6.07, 6.45) is -4.49. The van der Waals surface area contributed by atoms with Crippen LogP contribution in [0, 0.1) is 11.3 Å². The maximum atomic E-state index is 12.3. The van der Waals surface area contributed by atoms with Gasteiger partial charge in [-0.05, 0) is 12.1 Å². The first-order valence-electron chi connectivity index (χ1n) is 6.15. The molecular weight excluding hydrogens is 299 g/mol. The Hall–Kier alpha value is -2.82. The number of carbonyl (C=O) groups excluding carboxylic acids is 1. The van der Waals surface area contributed by atoms with Gasteiger partial charge in [-0.1, -0.05) is 12.1 Å². The van der Waals surface area contributed by atoms with Gasteiger partial charge < -0.3 is 10.1 Å². The number of halogens is 3. The number of aromatic nitrogens is 1. The lowest BCUT2D eigenvalue weighted by Crippen LogP contribution is -2.25. The number of hydrogen-bond donors (Lipinski definition) is 1. The van der Waals surface area contributed by atoms with Crippen molar-refractivity contribution in [2.45, 2.75) is 6.18 Å². The fourth-order valence-corrected chi connectivity index (χ4v) is 1.75. The lowest BCUT2D eigenvalue weighted by atomic mass is 10.1. The Balaban J connectivity index is 2.39. The molecular formula is C14H10F3N3O2. The molecule has 0 fully saturated rings. The Labute approximate surface area is 123 Å². The standard InChI is InChI=1S/C14H10F3N3O2/c15-14(16,17)8-22-12-7-11(13(21)19-6-5-18)20-10-4-2-1-3-9(10)12/h1-4,7H,6,8H2,(H,19,21). The van der Waals surface area contributed by atoms with Crippen molar-refractivity contribution in [3.63, 3.8) is 0 Å². The summed E-state index contributed by atoms with van der Waals surface area (Å²) in [6, 6.07) is 9.21. The van der Waals surface area contributed by atoms with Crippen LogP contribution in [0.3, 0.4) is 0 Å². The number of benzene rings is 1. The van der Waals surface area contributed by atoms with E-state index in [-0.39, 0.29) is 18.0 Å². The van der Waals surface area contributed by atoms with Crippen molar-refractivity contribution in [3.05, 3.63) is 36.0 Å². The Morgan fingerprint density at radius 2 is 2.09 bits per heavy atom. The molecule has 2 aromatic rings. The third kappa shape index (κ3) is 3.85. The number of nitrogens with one attached hydrogen (secondary N) is 1. The predicted octanol–water partition coefficient (Wildman–Crippen LogP) is 2.43. The number of amides is 1. The summed E-state index contributed by atoms with van der Waals surface area (Å²) in [5, 5.41) is 11.1. The largest absolute Gasteiger partial charge is 0.483 e. The van der Waals surface area contributed by atoms with Crippen LogP contribution in [-0.2, 0) is 0 Å². The number of nitriles is 1.